The van der Waals surface area contributed by atoms with E-state index in [1.165, 1.54) is 12.8 Å². The Morgan fingerprint density at radius 1 is 1.00 bits per heavy atom. The Morgan fingerprint density at radius 2 is 1.76 bits per heavy atom. The molecule has 0 bridgehead atoms. The minimum absolute atomic E-state index is 0.181. The van der Waals surface area contributed by atoms with Crippen LogP contribution in [0, 0.1) is 0 Å². The summed E-state index contributed by atoms with van der Waals surface area (Å²) in [5.74, 6) is 0.481. The number of oxazole rings is 1. The van der Waals surface area contributed by atoms with Crippen LogP contribution in [0.1, 0.15) is 44.6 Å². The summed E-state index contributed by atoms with van der Waals surface area (Å²) in [6.07, 6.45) is 6.94. The highest BCUT2D eigenvalue weighted by Crippen LogP contribution is 2.32. The zero-order valence-corrected chi connectivity index (χ0v) is 17.5. The van der Waals surface area contributed by atoms with Gasteiger partial charge in [-0.3, -0.25) is 4.57 Å². The molecule has 1 aliphatic carbocycles. The van der Waals surface area contributed by atoms with E-state index in [1.807, 2.05) is 22.8 Å². The number of aromatic nitrogens is 1. The minimum atomic E-state index is -0.264. The lowest BCUT2D eigenvalue weighted by Crippen LogP contribution is -2.45. The first kappa shape index (κ1) is 20.4. The molecule has 0 radical (unpaired) electrons. The van der Waals surface area contributed by atoms with Crippen molar-refractivity contribution in [1.82, 2.24) is 9.47 Å². The van der Waals surface area contributed by atoms with Crippen LogP contribution >= 0.6 is 0 Å². The van der Waals surface area contributed by atoms with Crippen molar-refractivity contribution < 1.29 is 18.6 Å². The van der Waals surface area contributed by atoms with E-state index >= 15 is 0 Å². The molecule has 1 saturated heterocycles. The third-order valence-electron chi connectivity index (χ3n) is 6.48. The fourth-order valence-corrected chi connectivity index (χ4v) is 4.87. The second kappa shape index (κ2) is 9.32. The molecule has 0 unspecified atom stereocenters. The van der Waals surface area contributed by atoms with Gasteiger partial charge in [0.15, 0.2) is 5.58 Å². The summed E-state index contributed by atoms with van der Waals surface area (Å²) in [5, 5.41) is 0. The van der Waals surface area contributed by atoms with Gasteiger partial charge in [0.05, 0.1) is 31.9 Å². The van der Waals surface area contributed by atoms with Gasteiger partial charge in [-0.2, -0.15) is 0 Å². The normalized spacial score (nSPS) is 24.2. The van der Waals surface area contributed by atoms with Crippen LogP contribution in [0.5, 0.6) is 5.75 Å². The molecular weight excluding hydrogens is 372 g/mol. The maximum Gasteiger partial charge on any atom is 0.420 e. The molecule has 1 saturated carbocycles. The van der Waals surface area contributed by atoms with Gasteiger partial charge in [-0.25, -0.2) is 4.79 Å². The zero-order valence-electron chi connectivity index (χ0n) is 17.5. The fourth-order valence-electron chi connectivity index (χ4n) is 4.87. The molecule has 2 aromatic rings. The summed E-state index contributed by atoms with van der Waals surface area (Å²) in [5.41, 5.74) is 1.46. The van der Waals surface area contributed by atoms with E-state index in [2.05, 4.69) is 4.90 Å². The van der Waals surface area contributed by atoms with Crippen LogP contribution < -0.4 is 10.5 Å². The molecule has 7 nitrogen and oxygen atoms in total. The van der Waals surface area contributed by atoms with Crippen LogP contribution in [0.4, 0.5) is 0 Å². The summed E-state index contributed by atoms with van der Waals surface area (Å²) in [6.45, 7) is 3.40. The number of hydrogen-bond acceptors (Lipinski definition) is 6. The standard InChI is InChI=1S/C22H32N2O5/c1-26-13-14-28-18-5-3-16(4-6-18)23-11-9-17(10-12-23)24-20-15-19(27-2)7-8-21(20)29-22(24)25/h7-8,15-18H,3-6,9-14H2,1-2H3. The van der Waals surface area contributed by atoms with Gasteiger partial charge in [-0.1, -0.05) is 0 Å². The van der Waals surface area contributed by atoms with Crippen LogP contribution in [-0.2, 0) is 9.47 Å². The Hall–Kier alpha value is -1.83. The van der Waals surface area contributed by atoms with E-state index in [-0.39, 0.29) is 11.8 Å². The second-order valence-corrected chi connectivity index (χ2v) is 8.13. The molecule has 0 N–H and O–H groups in total. The smallest absolute Gasteiger partial charge is 0.420 e. The first-order valence-corrected chi connectivity index (χ1v) is 10.7. The van der Waals surface area contributed by atoms with Crippen LogP contribution in [0.25, 0.3) is 11.1 Å². The van der Waals surface area contributed by atoms with E-state index in [9.17, 15) is 4.79 Å². The summed E-state index contributed by atoms with van der Waals surface area (Å²) >= 11 is 0. The summed E-state index contributed by atoms with van der Waals surface area (Å²) < 4.78 is 23.6. The largest absolute Gasteiger partial charge is 0.497 e. The highest BCUT2D eigenvalue weighted by atomic mass is 16.5. The molecule has 0 amide bonds. The Morgan fingerprint density at radius 3 is 2.45 bits per heavy atom. The highest BCUT2D eigenvalue weighted by molar-refractivity contribution is 5.75. The van der Waals surface area contributed by atoms with Crippen molar-refractivity contribution in [2.24, 2.45) is 0 Å². The van der Waals surface area contributed by atoms with Gasteiger partial charge in [0.25, 0.3) is 0 Å². The van der Waals surface area contributed by atoms with Gasteiger partial charge in [-0.15, -0.1) is 0 Å². The molecule has 2 aliphatic rings. The molecule has 29 heavy (non-hydrogen) atoms. The molecule has 1 aliphatic heterocycles. The van der Waals surface area contributed by atoms with Crippen molar-refractivity contribution in [1.29, 1.82) is 0 Å². The van der Waals surface area contributed by atoms with Gasteiger partial charge in [-0.05, 0) is 50.7 Å². The average molecular weight is 405 g/mol. The van der Waals surface area contributed by atoms with Gasteiger partial charge in [0, 0.05) is 38.3 Å². The molecule has 7 heteroatoms. The first-order chi connectivity index (χ1) is 14.2. The number of rotatable bonds is 7. The lowest BCUT2D eigenvalue weighted by atomic mass is 9.90. The Bertz CT molecular complexity index is 844. The monoisotopic (exact) mass is 404 g/mol. The zero-order chi connectivity index (χ0) is 20.2. The summed E-state index contributed by atoms with van der Waals surface area (Å²) in [4.78, 5) is 15.1. The predicted molar refractivity (Wildman–Crippen MR) is 111 cm³/mol. The van der Waals surface area contributed by atoms with Gasteiger partial charge >= 0.3 is 5.76 Å². The Kier molecular flexibility index (Phi) is 6.57. The number of piperidine rings is 1. The van der Waals surface area contributed by atoms with E-state index in [1.54, 1.807) is 14.2 Å². The number of benzene rings is 1. The molecule has 1 aromatic heterocycles. The Balaban J connectivity index is 1.34. The molecule has 4 rings (SSSR count). The van der Waals surface area contributed by atoms with Crippen LogP contribution in [0.15, 0.2) is 27.4 Å². The minimum Gasteiger partial charge on any atom is -0.497 e. The number of methoxy groups -OCH3 is 2. The van der Waals surface area contributed by atoms with Crippen molar-refractivity contribution in [3.8, 4) is 5.75 Å². The average Bonchev–Trinajstić information content (AvgIpc) is 3.09. The van der Waals surface area contributed by atoms with Gasteiger partial charge in [0.1, 0.15) is 5.75 Å². The van der Waals surface area contributed by atoms with Crippen LogP contribution in [0.2, 0.25) is 0 Å². The molecule has 0 spiro atoms. The Labute approximate surface area is 171 Å². The van der Waals surface area contributed by atoms with E-state index in [0.29, 0.717) is 30.9 Å². The third-order valence-corrected chi connectivity index (χ3v) is 6.48. The number of nitrogens with zero attached hydrogens (tertiary/aromatic N) is 2. The maximum atomic E-state index is 12.5. The van der Waals surface area contributed by atoms with Gasteiger partial charge < -0.3 is 23.5 Å². The second-order valence-electron chi connectivity index (χ2n) is 8.13. The number of hydrogen-bond donors (Lipinski definition) is 0. The number of likely N-dealkylation sites (tertiary alicyclic amines) is 1. The summed E-state index contributed by atoms with van der Waals surface area (Å²) in [6, 6.07) is 6.36. The van der Waals surface area contributed by atoms with Crippen molar-refractivity contribution in [2.75, 3.05) is 40.5 Å². The van der Waals surface area contributed by atoms with Crippen LogP contribution in [0.3, 0.4) is 0 Å². The molecular formula is C22H32N2O5. The third kappa shape index (κ3) is 4.52. The maximum absolute atomic E-state index is 12.5. The van der Waals surface area contributed by atoms with Crippen molar-refractivity contribution in [3.63, 3.8) is 0 Å². The van der Waals surface area contributed by atoms with Crippen LogP contribution in [-0.4, -0.2) is 62.1 Å². The predicted octanol–water partition coefficient (Wildman–Crippen LogP) is 3.21. The molecule has 2 fully saturated rings. The van der Waals surface area contributed by atoms with Crippen molar-refractivity contribution in [2.45, 2.75) is 56.7 Å². The van der Waals surface area contributed by atoms with Gasteiger partial charge in [0.2, 0.25) is 0 Å². The summed E-state index contributed by atoms with van der Waals surface area (Å²) in [7, 11) is 3.35. The molecule has 1 aromatic carbocycles. The fraction of sp³-hybridized carbons (Fsp3) is 0.682. The van der Waals surface area contributed by atoms with E-state index in [0.717, 1.165) is 50.0 Å². The van der Waals surface area contributed by atoms with Crippen molar-refractivity contribution >= 4 is 11.1 Å². The quantitative estimate of drug-likeness (QED) is 0.660. The lowest BCUT2D eigenvalue weighted by molar-refractivity contribution is -0.0173. The van der Waals surface area contributed by atoms with E-state index < -0.39 is 0 Å². The number of fused-ring (bicyclic) bond motifs is 1. The molecule has 160 valence electrons. The first-order valence-electron chi connectivity index (χ1n) is 10.7. The highest BCUT2D eigenvalue weighted by Gasteiger charge is 2.31. The molecule has 0 atom stereocenters. The lowest BCUT2D eigenvalue weighted by Gasteiger charge is -2.40. The van der Waals surface area contributed by atoms with Crippen molar-refractivity contribution in [3.05, 3.63) is 28.7 Å². The van der Waals surface area contributed by atoms with E-state index in [4.69, 9.17) is 18.6 Å². The topological polar surface area (TPSA) is 66.1 Å². The SMILES string of the molecule is COCCOC1CCC(N2CCC(n3c(=O)oc4ccc(OC)cc43)CC2)CC1. The number of ether oxygens (including phenoxy) is 3. The molecule has 2 heterocycles.